The van der Waals surface area contributed by atoms with Gasteiger partial charge in [0.1, 0.15) is 0 Å². The molecular formula is C13H9IrN. The van der Waals surface area contributed by atoms with Crippen LogP contribution < -0.4 is 0 Å². The summed E-state index contributed by atoms with van der Waals surface area (Å²) in [6, 6.07) is 14.7. The van der Waals surface area contributed by atoms with E-state index in [0.717, 1.165) is 0 Å². The van der Waals surface area contributed by atoms with Crippen molar-refractivity contribution in [1.29, 1.82) is 0 Å². The number of pyridine rings is 1. The molecule has 1 radical (unpaired) electrons. The van der Waals surface area contributed by atoms with Crippen LogP contribution in [0.4, 0.5) is 0 Å². The van der Waals surface area contributed by atoms with Gasteiger partial charge in [0.25, 0.3) is 0 Å². The van der Waals surface area contributed by atoms with E-state index < -0.39 is 0 Å². The Morgan fingerprint density at radius 1 is 0.733 bits per heavy atom. The normalized spacial score (nSPS) is 10.1. The Morgan fingerprint density at radius 2 is 1.47 bits per heavy atom. The topological polar surface area (TPSA) is 12.9 Å². The maximum absolute atomic E-state index is 4.12. The van der Waals surface area contributed by atoms with Crippen LogP contribution in [-0.2, 0) is 20.1 Å². The summed E-state index contributed by atoms with van der Waals surface area (Å²) >= 11 is 0. The summed E-state index contributed by atoms with van der Waals surface area (Å²) in [5, 5.41) is 5.06. The van der Waals surface area contributed by atoms with Crippen LogP contribution >= 0.6 is 0 Å². The van der Waals surface area contributed by atoms with E-state index in [1.807, 2.05) is 12.4 Å². The third-order valence-corrected chi connectivity index (χ3v) is 2.55. The summed E-state index contributed by atoms with van der Waals surface area (Å²) in [6.07, 6.45) is 3.75. The second kappa shape index (κ2) is 4.09. The number of rotatable bonds is 0. The van der Waals surface area contributed by atoms with Gasteiger partial charge in [0.15, 0.2) is 0 Å². The van der Waals surface area contributed by atoms with Crippen LogP contribution in [-0.4, -0.2) is 4.98 Å². The number of hydrogen-bond donors (Lipinski definition) is 0. The first-order valence-electron chi connectivity index (χ1n) is 4.67. The van der Waals surface area contributed by atoms with Crippen LogP contribution in [0.25, 0.3) is 21.5 Å². The van der Waals surface area contributed by atoms with E-state index in [4.69, 9.17) is 0 Å². The minimum atomic E-state index is 0. The molecule has 15 heavy (non-hydrogen) atoms. The van der Waals surface area contributed by atoms with E-state index >= 15 is 0 Å². The standard InChI is InChI=1S/C13H9N.Ir/c1-2-4-12-10(3-1)5-6-11-9-14-8-7-13(11)12;/h1-9H;. The summed E-state index contributed by atoms with van der Waals surface area (Å²) in [4.78, 5) is 4.12. The van der Waals surface area contributed by atoms with Gasteiger partial charge in [-0.25, -0.2) is 0 Å². The monoisotopic (exact) mass is 372 g/mol. The quantitative estimate of drug-likeness (QED) is 0.552. The average Bonchev–Trinajstić information content (AvgIpc) is 2.29. The molecule has 0 amide bonds. The third-order valence-electron chi connectivity index (χ3n) is 2.55. The third kappa shape index (κ3) is 1.67. The molecule has 0 spiro atoms. The molecule has 0 saturated heterocycles. The van der Waals surface area contributed by atoms with Crippen molar-refractivity contribution in [2.75, 3.05) is 0 Å². The molecule has 0 aliphatic heterocycles. The fraction of sp³-hybridized carbons (Fsp3) is 0. The molecule has 2 aromatic carbocycles. The first kappa shape index (κ1) is 10.3. The van der Waals surface area contributed by atoms with Gasteiger partial charge in [-0.05, 0) is 22.2 Å². The minimum absolute atomic E-state index is 0. The summed E-state index contributed by atoms with van der Waals surface area (Å²) in [6.45, 7) is 0. The Hall–Kier alpha value is -1.24. The zero-order chi connectivity index (χ0) is 9.38. The van der Waals surface area contributed by atoms with Gasteiger partial charge in [-0.2, -0.15) is 0 Å². The molecule has 0 aliphatic rings. The number of nitrogens with zero attached hydrogens (tertiary/aromatic N) is 1. The molecule has 0 N–H and O–H groups in total. The maximum atomic E-state index is 4.12. The molecule has 1 heterocycles. The van der Waals surface area contributed by atoms with Crippen LogP contribution in [0.15, 0.2) is 54.9 Å². The molecular weight excluding hydrogens is 362 g/mol. The van der Waals surface area contributed by atoms with Gasteiger partial charge in [-0.3, -0.25) is 4.98 Å². The number of hydrogen-bond acceptors (Lipinski definition) is 1. The Balaban J connectivity index is 0.000000853. The largest absolute Gasteiger partial charge is 0.264 e. The molecule has 0 atom stereocenters. The van der Waals surface area contributed by atoms with Gasteiger partial charge in [0.05, 0.1) is 0 Å². The Bertz CT molecular complexity index is 550. The molecule has 1 nitrogen and oxygen atoms in total. The van der Waals surface area contributed by atoms with E-state index in [-0.39, 0.29) is 20.1 Å². The number of benzene rings is 2. The van der Waals surface area contributed by atoms with E-state index in [0.29, 0.717) is 0 Å². The van der Waals surface area contributed by atoms with E-state index in [2.05, 4.69) is 47.4 Å². The molecule has 3 aromatic rings. The molecule has 0 fully saturated rings. The first-order valence-corrected chi connectivity index (χ1v) is 4.67. The van der Waals surface area contributed by atoms with Crippen LogP contribution in [0.2, 0.25) is 0 Å². The summed E-state index contributed by atoms with van der Waals surface area (Å²) in [7, 11) is 0. The smallest absolute Gasteiger partial charge is 0.0346 e. The average molecular weight is 371 g/mol. The van der Waals surface area contributed by atoms with E-state index in [1.54, 1.807) is 0 Å². The second-order valence-electron chi connectivity index (χ2n) is 3.38. The molecule has 3 rings (SSSR count). The molecule has 0 saturated carbocycles. The summed E-state index contributed by atoms with van der Waals surface area (Å²) in [5.41, 5.74) is 0. The van der Waals surface area contributed by atoms with Crippen LogP contribution in [0, 0.1) is 0 Å². The molecule has 2 heteroatoms. The SMILES string of the molecule is [Ir].c1ccc2c(c1)ccc1cnccc12. The Kier molecular flexibility index (Phi) is 2.81. The van der Waals surface area contributed by atoms with Crippen LogP contribution in [0.1, 0.15) is 0 Å². The zero-order valence-electron chi connectivity index (χ0n) is 7.98. The van der Waals surface area contributed by atoms with Crippen LogP contribution in [0.3, 0.4) is 0 Å². The molecule has 0 aliphatic carbocycles. The van der Waals surface area contributed by atoms with Crippen molar-refractivity contribution in [2.24, 2.45) is 0 Å². The fourth-order valence-electron chi connectivity index (χ4n) is 1.85. The van der Waals surface area contributed by atoms with Crippen molar-refractivity contribution in [1.82, 2.24) is 4.98 Å². The summed E-state index contributed by atoms with van der Waals surface area (Å²) in [5.74, 6) is 0. The van der Waals surface area contributed by atoms with Gasteiger partial charge in [-0.1, -0.05) is 36.4 Å². The van der Waals surface area contributed by atoms with Gasteiger partial charge < -0.3 is 0 Å². The Labute approximate surface area is 101 Å². The van der Waals surface area contributed by atoms with Gasteiger partial charge in [-0.15, -0.1) is 0 Å². The molecule has 75 valence electrons. The predicted octanol–water partition coefficient (Wildman–Crippen LogP) is 3.39. The van der Waals surface area contributed by atoms with Crippen molar-refractivity contribution < 1.29 is 20.1 Å². The van der Waals surface area contributed by atoms with E-state index in [1.165, 1.54) is 21.5 Å². The first-order chi connectivity index (χ1) is 6.95. The van der Waals surface area contributed by atoms with Crippen LogP contribution in [0.5, 0.6) is 0 Å². The minimum Gasteiger partial charge on any atom is -0.264 e. The van der Waals surface area contributed by atoms with Gasteiger partial charge in [0, 0.05) is 37.9 Å². The van der Waals surface area contributed by atoms with Crippen molar-refractivity contribution in [3.8, 4) is 0 Å². The van der Waals surface area contributed by atoms with E-state index in [9.17, 15) is 0 Å². The molecule has 0 unspecified atom stereocenters. The second-order valence-corrected chi connectivity index (χ2v) is 3.38. The zero-order valence-corrected chi connectivity index (χ0v) is 10.4. The van der Waals surface area contributed by atoms with Crippen molar-refractivity contribution >= 4 is 21.5 Å². The summed E-state index contributed by atoms with van der Waals surface area (Å²) < 4.78 is 0. The van der Waals surface area contributed by atoms with Crippen molar-refractivity contribution in [3.63, 3.8) is 0 Å². The Morgan fingerprint density at radius 3 is 2.40 bits per heavy atom. The fourth-order valence-corrected chi connectivity index (χ4v) is 1.85. The van der Waals surface area contributed by atoms with Gasteiger partial charge >= 0.3 is 0 Å². The van der Waals surface area contributed by atoms with Crippen molar-refractivity contribution in [3.05, 3.63) is 54.9 Å². The number of aromatic nitrogens is 1. The van der Waals surface area contributed by atoms with Crippen molar-refractivity contribution in [2.45, 2.75) is 0 Å². The number of fused-ring (bicyclic) bond motifs is 3. The predicted molar refractivity (Wildman–Crippen MR) is 59.2 cm³/mol. The molecule has 1 aromatic heterocycles. The molecule has 0 bridgehead atoms. The maximum Gasteiger partial charge on any atom is 0.0346 e. The van der Waals surface area contributed by atoms with Gasteiger partial charge in [0.2, 0.25) is 0 Å².